The van der Waals surface area contributed by atoms with Gasteiger partial charge in [-0.1, -0.05) is 0 Å². The molecule has 0 unspecified atom stereocenters. The van der Waals surface area contributed by atoms with E-state index in [1.165, 1.54) is 0 Å². The largest absolute Gasteiger partial charge is 0.497 e. The van der Waals surface area contributed by atoms with E-state index in [1.54, 1.807) is 28.0 Å². The van der Waals surface area contributed by atoms with Crippen LogP contribution in [0.2, 0.25) is 0 Å². The molecule has 0 spiro atoms. The van der Waals surface area contributed by atoms with Crippen LogP contribution in [0.25, 0.3) is 0 Å². The summed E-state index contributed by atoms with van der Waals surface area (Å²) in [5, 5.41) is 4.03. The highest BCUT2D eigenvalue weighted by atomic mass is 32.2. The molecule has 10 heteroatoms. The van der Waals surface area contributed by atoms with Gasteiger partial charge in [0.25, 0.3) is 0 Å². The van der Waals surface area contributed by atoms with Gasteiger partial charge in [-0.3, -0.25) is 9.58 Å². The van der Waals surface area contributed by atoms with Crippen LogP contribution in [0.15, 0.2) is 18.5 Å². The van der Waals surface area contributed by atoms with E-state index in [9.17, 15) is 21.6 Å². The number of ether oxygens (including phenoxy) is 1. The molecule has 1 fully saturated rings. The van der Waals surface area contributed by atoms with Gasteiger partial charge in [-0.25, -0.2) is 8.42 Å². The van der Waals surface area contributed by atoms with Crippen LogP contribution in [0.4, 0.5) is 13.2 Å². The van der Waals surface area contributed by atoms with Gasteiger partial charge in [0, 0.05) is 32.0 Å². The minimum absolute atomic E-state index is 0.152. The summed E-state index contributed by atoms with van der Waals surface area (Å²) in [6.07, 6.45) is 3.17. The van der Waals surface area contributed by atoms with Crippen LogP contribution in [0, 0.1) is 0 Å². The first-order valence-corrected chi connectivity index (χ1v) is 8.03. The molecule has 1 saturated heterocycles. The van der Waals surface area contributed by atoms with E-state index in [0.717, 1.165) is 0 Å². The molecule has 6 nitrogen and oxygen atoms in total. The predicted octanol–water partition coefficient (Wildman–Crippen LogP) is 0.518. The molecule has 0 bridgehead atoms. The maximum absolute atomic E-state index is 12.3. The van der Waals surface area contributed by atoms with Crippen LogP contribution in [-0.2, 0) is 21.1 Å². The van der Waals surface area contributed by atoms with E-state index in [2.05, 4.69) is 5.10 Å². The maximum Gasteiger partial charge on any atom is 0.497 e. The Labute approximate surface area is 120 Å². The van der Waals surface area contributed by atoms with Crippen LogP contribution in [-0.4, -0.2) is 66.7 Å². The first-order chi connectivity index (χ1) is 9.78. The second kappa shape index (κ2) is 6.32. The summed E-state index contributed by atoms with van der Waals surface area (Å²) >= 11 is 0. The molecule has 2 rings (SSSR count). The van der Waals surface area contributed by atoms with Crippen molar-refractivity contribution in [2.24, 2.45) is 0 Å². The Hall–Kier alpha value is -1.13. The van der Waals surface area contributed by atoms with E-state index < -0.39 is 21.1 Å². The van der Waals surface area contributed by atoms with Crippen molar-refractivity contribution in [3.8, 4) is 0 Å². The highest BCUT2D eigenvalue weighted by molar-refractivity contribution is 7.92. The highest BCUT2D eigenvalue weighted by Crippen LogP contribution is 2.23. The predicted molar refractivity (Wildman–Crippen MR) is 68.2 cm³/mol. The minimum Gasteiger partial charge on any atom is -0.374 e. The lowest BCUT2D eigenvalue weighted by Crippen LogP contribution is -2.46. The van der Waals surface area contributed by atoms with Crippen molar-refractivity contribution in [1.29, 1.82) is 0 Å². The molecule has 2 heterocycles. The van der Waals surface area contributed by atoms with E-state index in [4.69, 9.17) is 4.74 Å². The topological polar surface area (TPSA) is 64.4 Å². The second-order valence-electron chi connectivity index (χ2n) is 4.79. The number of aromatic nitrogens is 2. The first kappa shape index (κ1) is 16.2. The molecule has 0 N–H and O–H groups in total. The lowest BCUT2D eigenvalue weighted by Gasteiger charge is -2.32. The number of halogens is 3. The Morgan fingerprint density at radius 1 is 1.38 bits per heavy atom. The van der Waals surface area contributed by atoms with Crippen molar-refractivity contribution < 1.29 is 26.3 Å². The smallest absolute Gasteiger partial charge is 0.374 e. The van der Waals surface area contributed by atoms with Crippen molar-refractivity contribution in [3.05, 3.63) is 18.5 Å². The zero-order valence-corrected chi connectivity index (χ0v) is 12.0. The van der Waals surface area contributed by atoms with Gasteiger partial charge in [-0.2, -0.15) is 18.3 Å². The average Bonchev–Trinajstić information content (AvgIpc) is 2.88. The van der Waals surface area contributed by atoms with Crippen molar-refractivity contribution >= 4 is 9.84 Å². The van der Waals surface area contributed by atoms with Crippen LogP contribution < -0.4 is 0 Å². The van der Waals surface area contributed by atoms with Crippen molar-refractivity contribution in [2.75, 3.05) is 32.0 Å². The molecule has 1 atom stereocenters. The van der Waals surface area contributed by atoms with Gasteiger partial charge in [-0.15, -0.1) is 0 Å². The molecule has 0 saturated carbocycles. The van der Waals surface area contributed by atoms with E-state index in [-0.39, 0.29) is 12.6 Å². The van der Waals surface area contributed by atoms with Crippen LogP contribution in [0.3, 0.4) is 0 Å². The molecule has 1 aromatic rings. The van der Waals surface area contributed by atoms with Crippen LogP contribution in [0.5, 0.6) is 0 Å². The van der Waals surface area contributed by atoms with Gasteiger partial charge in [0.05, 0.1) is 25.0 Å². The molecule has 1 aliphatic heterocycles. The molecule has 1 aliphatic rings. The van der Waals surface area contributed by atoms with Gasteiger partial charge < -0.3 is 4.74 Å². The van der Waals surface area contributed by atoms with E-state index >= 15 is 0 Å². The fraction of sp³-hybridized carbons (Fsp3) is 0.727. The summed E-state index contributed by atoms with van der Waals surface area (Å²) in [6.45, 7) is 1.49. The number of morpholine rings is 1. The fourth-order valence-electron chi connectivity index (χ4n) is 2.08. The SMILES string of the molecule is O=S(=O)(CCN1CCO[C@@H](Cn2cccn2)C1)C(F)(F)F. The monoisotopic (exact) mass is 327 g/mol. The highest BCUT2D eigenvalue weighted by Gasteiger charge is 2.45. The molecule has 0 aromatic carbocycles. The Bertz CT molecular complexity index is 545. The van der Waals surface area contributed by atoms with Crippen molar-refractivity contribution in [3.63, 3.8) is 0 Å². The van der Waals surface area contributed by atoms with Gasteiger partial charge in [-0.05, 0) is 6.07 Å². The maximum atomic E-state index is 12.3. The quantitative estimate of drug-likeness (QED) is 0.789. The Kier molecular flexibility index (Phi) is 4.89. The van der Waals surface area contributed by atoms with Gasteiger partial charge in [0.1, 0.15) is 0 Å². The Balaban J connectivity index is 1.84. The Morgan fingerprint density at radius 2 is 2.14 bits per heavy atom. The van der Waals surface area contributed by atoms with Crippen molar-refractivity contribution in [2.45, 2.75) is 18.2 Å². The molecule has 21 heavy (non-hydrogen) atoms. The number of sulfone groups is 1. The molecule has 1 aromatic heterocycles. The summed E-state index contributed by atoms with van der Waals surface area (Å²) in [6, 6.07) is 1.76. The molecule has 0 radical (unpaired) electrons. The number of nitrogens with zero attached hydrogens (tertiary/aromatic N) is 3. The summed E-state index contributed by atoms with van der Waals surface area (Å²) in [5.74, 6) is -0.926. The number of rotatable bonds is 5. The van der Waals surface area contributed by atoms with Gasteiger partial charge in [0.2, 0.25) is 9.84 Å². The number of hydrogen-bond acceptors (Lipinski definition) is 5. The lowest BCUT2D eigenvalue weighted by atomic mass is 10.2. The average molecular weight is 327 g/mol. The number of hydrogen-bond donors (Lipinski definition) is 0. The van der Waals surface area contributed by atoms with Gasteiger partial charge in [0.15, 0.2) is 0 Å². The number of alkyl halides is 3. The zero-order valence-electron chi connectivity index (χ0n) is 11.2. The van der Waals surface area contributed by atoms with E-state index in [1.807, 2.05) is 0 Å². The normalized spacial score (nSPS) is 21.6. The van der Waals surface area contributed by atoms with Crippen LogP contribution in [0.1, 0.15) is 0 Å². The van der Waals surface area contributed by atoms with Crippen LogP contribution >= 0.6 is 0 Å². The summed E-state index contributed by atoms with van der Waals surface area (Å²) in [5.41, 5.74) is -5.19. The van der Waals surface area contributed by atoms with Crippen molar-refractivity contribution in [1.82, 2.24) is 14.7 Å². The second-order valence-corrected chi connectivity index (χ2v) is 6.89. The molecular weight excluding hydrogens is 311 g/mol. The Morgan fingerprint density at radius 3 is 2.76 bits per heavy atom. The van der Waals surface area contributed by atoms with Gasteiger partial charge >= 0.3 is 5.51 Å². The third-order valence-corrected chi connectivity index (χ3v) is 4.63. The standard InChI is InChI=1S/C11H16F3N3O3S/c12-11(13,14)21(18,19)7-5-16-4-6-20-10(8-16)9-17-3-1-2-15-17/h1-3,10H,4-9H2/t10-/m1/s1. The summed E-state index contributed by atoms with van der Waals surface area (Å²) in [7, 11) is -5.06. The summed E-state index contributed by atoms with van der Waals surface area (Å²) < 4.78 is 66.1. The fourth-order valence-corrected chi connectivity index (χ4v) is 2.81. The molecule has 0 aliphatic carbocycles. The minimum atomic E-state index is -5.19. The lowest BCUT2D eigenvalue weighted by molar-refractivity contribution is -0.0455. The zero-order chi connectivity index (χ0) is 15.5. The molecular formula is C11H16F3N3O3S. The first-order valence-electron chi connectivity index (χ1n) is 6.38. The van der Waals surface area contributed by atoms with E-state index in [0.29, 0.717) is 26.2 Å². The molecule has 0 amide bonds. The molecule has 120 valence electrons. The third kappa shape index (κ3) is 4.42. The third-order valence-electron chi connectivity index (χ3n) is 3.20. The summed E-state index contributed by atoms with van der Waals surface area (Å²) in [4.78, 5) is 1.67.